The molecular formula is C17H33NO. The van der Waals surface area contributed by atoms with E-state index in [1.165, 1.54) is 70.3 Å². The van der Waals surface area contributed by atoms with Crippen LogP contribution in [0.4, 0.5) is 0 Å². The van der Waals surface area contributed by atoms with Crippen LogP contribution in [-0.2, 0) is 4.79 Å². The van der Waals surface area contributed by atoms with Crippen molar-refractivity contribution in [1.82, 2.24) is 0 Å². The standard InChI is InChI=1S/C17H33NO/c1-3-5-6-7-8-9-10-11-12-13-14-15-16(18)17(19)4-2/h4,16H,2-3,5-15,18H2,1H3. The van der Waals surface area contributed by atoms with Gasteiger partial charge in [0.2, 0.25) is 0 Å². The highest BCUT2D eigenvalue weighted by atomic mass is 16.1. The average molecular weight is 267 g/mol. The number of unbranched alkanes of at least 4 members (excludes halogenated alkanes) is 10. The Morgan fingerprint density at radius 2 is 1.37 bits per heavy atom. The third-order valence-corrected chi connectivity index (χ3v) is 3.69. The summed E-state index contributed by atoms with van der Waals surface area (Å²) in [5.41, 5.74) is 5.73. The van der Waals surface area contributed by atoms with Crippen LogP contribution >= 0.6 is 0 Å². The molecular weight excluding hydrogens is 234 g/mol. The van der Waals surface area contributed by atoms with Crippen LogP contribution in [0.1, 0.15) is 84.0 Å². The first-order chi connectivity index (χ1) is 9.22. The minimum atomic E-state index is -0.323. The molecule has 0 fully saturated rings. The SMILES string of the molecule is C=CC(=O)C(N)CCCCCCCCCCCCC. The van der Waals surface area contributed by atoms with E-state index in [9.17, 15) is 4.79 Å². The summed E-state index contributed by atoms with van der Waals surface area (Å²) in [6.45, 7) is 5.72. The normalized spacial score (nSPS) is 12.3. The van der Waals surface area contributed by atoms with Crippen LogP contribution in [0.25, 0.3) is 0 Å². The first kappa shape index (κ1) is 18.4. The van der Waals surface area contributed by atoms with E-state index >= 15 is 0 Å². The molecule has 0 aliphatic rings. The molecule has 19 heavy (non-hydrogen) atoms. The van der Waals surface area contributed by atoms with Gasteiger partial charge in [0, 0.05) is 0 Å². The Morgan fingerprint density at radius 3 is 1.79 bits per heavy atom. The highest BCUT2D eigenvalue weighted by molar-refractivity contribution is 5.93. The van der Waals surface area contributed by atoms with E-state index in [0.717, 1.165) is 12.8 Å². The minimum absolute atomic E-state index is 0.0212. The maximum atomic E-state index is 11.2. The lowest BCUT2D eigenvalue weighted by Gasteiger charge is -2.07. The summed E-state index contributed by atoms with van der Waals surface area (Å²) in [4.78, 5) is 11.2. The quantitative estimate of drug-likeness (QED) is 0.364. The lowest BCUT2D eigenvalue weighted by atomic mass is 10.0. The van der Waals surface area contributed by atoms with Gasteiger partial charge in [-0.15, -0.1) is 0 Å². The molecule has 2 nitrogen and oxygen atoms in total. The second kappa shape index (κ2) is 13.8. The number of hydrogen-bond acceptors (Lipinski definition) is 2. The van der Waals surface area contributed by atoms with Gasteiger partial charge < -0.3 is 5.73 Å². The van der Waals surface area contributed by atoms with Crippen molar-refractivity contribution < 1.29 is 4.79 Å². The van der Waals surface area contributed by atoms with Gasteiger partial charge in [-0.05, 0) is 12.5 Å². The first-order valence-electron chi connectivity index (χ1n) is 8.14. The van der Waals surface area contributed by atoms with Gasteiger partial charge in [0.15, 0.2) is 5.78 Å². The van der Waals surface area contributed by atoms with Crippen LogP contribution in [0, 0.1) is 0 Å². The molecule has 0 aromatic heterocycles. The summed E-state index contributed by atoms with van der Waals surface area (Å²) in [6, 6.07) is -0.323. The Bertz CT molecular complexity index is 225. The molecule has 0 radical (unpaired) electrons. The molecule has 0 aromatic rings. The van der Waals surface area contributed by atoms with Crippen molar-refractivity contribution in [2.24, 2.45) is 5.73 Å². The Balaban J connectivity index is 3.14. The average Bonchev–Trinajstić information content (AvgIpc) is 2.43. The van der Waals surface area contributed by atoms with Crippen molar-refractivity contribution in [3.05, 3.63) is 12.7 Å². The van der Waals surface area contributed by atoms with Gasteiger partial charge in [-0.3, -0.25) is 4.79 Å². The Labute approximate surface area is 119 Å². The van der Waals surface area contributed by atoms with Gasteiger partial charge in [0.05, 0.1) is 6.04 Å². The van der Waals surface area contributed by atoms with E-state index in [2.05, 4.69) is 13.5 Å². The smallest absolute Gasteiger partial charge is 0.171 e. The first-order valence-corrected chi connectivity index (χ1v) is 8.14. The fourth-order valence-electron chi connectivity index (χ4n) is 2.32. The zero-order valence-electron chi connectivity index (χ0n) is 12.8. The Morgan fingerprint density at radius 1 is 0.947 bits per heavy atom. The number of nitrogens with two attached hydrogens (primary N) is 1. The molecule has 0 aliphatic heterocycles. The lowest BCUT2D eigenvalue weighted by Crippen LogP contribution is -2.28. The van der Waals surface area contributed by atoms with Crippen LogP contribution in [0.3, 0.4) is 0 Å². The van der Waals surface area contributed by atoms with Crippen molar-refractivity contribution >= 4 is 5.78 Å². The number of carbonyl (C=O) groups excluding carboxylic acids is 1. The van der Waals surface area contributed by atoms with Crippen LogP contribution in [-0.4, -0.2) is 11.8 Å². The van der Waals surface area contributed by atoms with Gasteiger partial charge in [0.25, 0.3) is 0 Å². The van der Waals surface area contributed by atoms with Gasteiger partial charge in [0.1, 0.15) is 0 Å². The molecule has 0 amide bonds. The summed E-state index contributed by atoms with van der Waals surface area (Å²) in [5, 5.41) is 0. The van der Waals surface area contributed by atoms with Crippen molar-refractivity contribution in [2.75, 3.05) is 0 Å². The molecule has 2 heteroatoms. The monoisotopic (exact) mass is 267 g/mol. The third-order valence-electron chi connectivity index (χ3n) is 3.69. The van der Waals surface area contributed by atoms with E-state index < -0.39 is 0 Å². The second-order valence-corrected chi connectivity index (χ2v) is 5.54. The largest absolute Gasteiger partial charge is 0.321 e. The number of ketones is 1. The van der Waals surface area contributed by atoms with Crippen LogP contribution in [0.2, 0.25) is 0 Å². The second-order valence-electron chi connectivity index (χ2n) is 5.54. The fraction of sp³-hybridized carbons (Fsp3) is 0.824. The zero-order valence-corrected chi connectivity index (χ0v) is 12.8. The molecule has 112 valence electrons. The van der Waals surface area contributed by atoms with Gasteiger partial charge >= 0.3 is 0 Å². The molecule has 2 N–H and O–H groups in total. The van der Waals surface area contributed by atoms with Crippen LogP contribution < -0.4 is 5.73 Å². The number of hydrogen-bond donors (Lipinski definition) is 1. The maximum absolute atomic E-state index is 11.2. The number of rotatable bonds is 14. The molecule has 0 saturated carbocycles. The van der Waals surface area contributed by atoms with Crippen LogP contribution in [0.5, 0.6) is 0 Å². The van der Waals surface area contributed by atoms with Crippen molar-refractivity contribution in [3.63, 3.8) is 0 Å². The van der Waals surface area contributed by atoms with Crippen molar-refractivity contribution in [3.8, 4) is 0 Å². The predicted molar refractivity (Wildman–Crippen MR) is 84.3 cm³/mol. The van der Waals surface area contributed by atoms with E-state index in [1.54, 1.807) is 0 Å². The van der Waals surface area contributed by atoms with E-state index in [1.807, 2.05) is 0 Å². The predicted octanol–water partition coefficient (Wildman–Crippen LogP) is 4.77. The maximum Gasteiger partial charge on any atom is 0.171 e. The summed E-state index contributed by atoms with van der Waals surface area (Å²) in [5.74, 6) is -0.0212. The molecule has 0 spiro atoms. The molecule has 1 atom stereocenters. The van der Waals surface area contributed by atoms with E-state index in [0.29, 0.717) is 0 Å². The molecule has 0 saturated heterocycles. The van der Waals surface area contributed by atoms with Gasteiger partial charge in [-0.25, -0.2) is 0 Å². The highest BCUT2D eigenvalue weighted by Gasteiger charge is 2.08. The minimum Gasteiger partial charge on any atom is -0.321 e. The zero-order chi connectivity index (χ0) is 14.3. The number of carbonyl (C=O) groups is 1. The van der Waals surface area contributed by atoms with Gasteiger partial charge in [-0.1, -0.05) is 84.1 Å². The fourth-order valence-corrected chi connectivity index (χ4v) is 2.32. The van der Waals surface area contributed by atoms with E-state index in [4.69, 9.17) is 5.73 Å². The summed E-state index contributed by atoms with van der Waals surface area (Å²) in [7, 11) is 0. The molecule has 0 rings (SSSR count). The Hall–Kier alpha value is -0.630. The van der Waals surface area contributed by atoms with E-state index in [-0.39, 0.29) is 11.8 Å². The molecule has 1 unspecified atom stereocenters. The van der Waals surface area contributed by atoms with Crippen molar-refractivity contribution in [1.29, 1.82) is 0 Å². The topological polar surface area (TPSA) is 43.1 Å². The summed E-state index contributed by atoms with van der Waals surface area (Å²) >= 11 is 0. The van der Waals surface area contributed by atoms with Gasteiger partial charge in [-0.2, -0.15) is 0 Å². The molecule has 0 aromatic carbocycles. The molecule has 0 heterocycles. The highest BCUT2D eigenvalue weighted by Crippen LogP contribution is 2.12. The molecule has 0 aliphatic carbocycles. The summed E-state index contributed by atoms with van der Waals surface area (Å²) in [6.07, 6.45) is 16.7. The Kier molecular flexibility index (Phi) is 13.3. The lowest BCUT2D eigenvalue weighted by molar-refractivity contribution is -0.115. The summed E-state index contributed by atoms with van der Waals surface area (Å²) < 4.78 is 0. The van der Waals surface area contributed by atoms with Crippen molar-refractivity contribution in [2.45, 2.75) is 90.0 Å². The molecule has 0 bridgehead atoms. The third kappa shape index (κ3) is 12.2. The van der Waals surface area contributed by atoms with Crippen LogP contribution in [0.15, 0.2) is 12.7 Å².